The number of hydrogen-bond donors (Lipinski definition) is 2. The van der Waals surface area contributed by atoms with Crippen LogP contribution < -0.4 is 10.6 Å². The number of nitrogens with one attached hydrogen (secondary N) is 2. The van der Waals surface area contributed by atoms with E-state index >= 15 is 0 Å². The number of hydrogen-bond acceptors (Lipinski definition) is 5. The Hall–Kier alpha value is -2.02. The minimum Gasteiger partial charge on any atom is -0.355 e. The maximum atomic E-state index is 12.6. The van der Waals surface area contributed by atoms with Crippen LogP contribution in [-0.2, 0) is 4.79 Å². The molecule has 1 aliphatic carbocycles. The number of amides is 2. The highest BCUT2D eigenvalue weighted by atomic mass is 32.1. The lowest BCUT2D eigenvalue weighted by Crippen LogP contribution is -2.44. The van der Waals surface area contributed by atoms with Crippen LogP contribution in [0.1, 0.15) is 59.4 Å². The third-order valence-electron chi connectivity index (χ3n) is 4.23. The van der Waals surface area contributed by atoms with Gasteiger partial charge in [-0.2, -0.15) is 0 Å². The zero-order chi connectivity index (χ0) is 17.4. The number of rotatable bonds is 5. The first kappa shape index (κ1) is 16.8. The summed E-state index contributed by atoms with van der Waals surface area (Å²) in [5.74, 6) is 0.952. The molecule has 2 amide bonds. The highest BCUT2D eigenvalue weighted by Crippen LogP contribution is 2.40. The first-order valence-electron chi connectivity index (χ1n) is 8.28. The Morgan fingerprint density at radius 1 is 1.29 bits per heavy atom. The molecule has 2 heterocycles. The summed E-state index contributed by atoms with van der Waals surface area (Å²) in [6.45, 7) is 7.95. The molecule has 2 aromatic rings. The number of carbonyl (C=O) groups is 2. The Bertz CT molecular complexity index is 811. The van der Waals surface area contributed by atoms with Crippen molar-refractivity contribution in [1.29, 1.82) is 0 Å². The number of fused-ring (bicyclic) bond motifs is 1. The van der Waals surface area contributed by atoms with Gasteiger partial charge in [0.15, 0.2) is 0 Å². The molecule has 128 valence electrons. The fraction of sp³-hybridized carbons (Fsp3) is 0.529. The smallest absolute Gasteiger partial charge is 0.262 e. The number of carbonyl (C=O) groups excluding carboxylic acids is 2. The maximum absolute atomic E-state index is 12.6. The molecule has 0 aliphatic heterocycles. The van der Waals surface area contributed by atoms with E-state index in [0.29, 0.717) is 17.3 Å². The van der Waals surface area contributed by atoms with Gasteiger partial charge in [-0.15, -0.1) is 11.3 Å². The van der Waals surface area contributed by atoms with Crippen molar-refractivity contribution in [2.45, 2.75) is 52.5 Å². The molecule has 0 saturated heterocycles. The molecule has 0 unspecified atom stereocenters. The Balaban J connectivity index is 1.89. The van der Waals surface area contributed by atoms with Crippen LogP contribution in [0.2, 0.25) is 0 Å². The average Bonchev–Trinajstić information content (AvgIpc) is 3.31. The molecule has 24 heavy (non-hydrogen) atoms. The molecule has 1 atom stereocenters. The predicted molar refractivity (Wildman–Crippen MR) is 94.5 cm³/mol. The predicted octanol–water partition coefficient (Wildman–Crippen LogP) is 2.44. The topological polar surface area (TPSA) is 84.0 Å². The number of aryl methyl sites for hydroxylation is 2. The van der Waals surface area contributed by atoms with E-state index in [0.717, 1.165) is 40.1 Å². The number of thiophene rings is 1. The minimum atomic E-state index is -0.573. The van der Waals surface area contributed by atoms with Gasteiger partial charge in [-0.3, -0.25) is 9.59 Å². The second kappa shape index (κ2) is 6.47. The van der Waals surface area contributed by atoms with Gasteiger partial charge in [-0.1, -0.05) is 0 Å². The molecule has 0 spiro atoms. The van der Waals surface area contributed by atoms with Gasteiger partial charge in [0.05, 0.1) is 10.6 Å². The van der Waals surface area contributed by atoms with E-state index < -0.39 is 6.04 Å². The van der Waals surface area contributed by atoms with Crippen molar-refractivity contribution in [3.05, 3.63) is 22.0 Å². The summed E-state index contributed by atoms with van der Waals surface area (Å²) >= 11 is 1.38. The molecule has 0 radical (unpaired) electrons. The van der Waals surface area contributed by atoms with Crippen molar-refractivity contribution in [2.24, 2.45) is 0 Å². The van der Waals surface area contributed by atoms with Gasteiger partial charge in [0, 0.05) is 17.8 Å². The van der Waals surface area contributed by atoms with Crippen LogP contribution >= 0.6 is 11.3 Å². The maximum Gasteiger partial charge on any atom is 0.262 e. The Morgan fingerprint density at radius 3 is 2.62 bits per heavy atom. The van der Waals surface area contributed by atoms with E-state index in [1.54, 1.807) is 6.92 Å². The van der Waals surface area contributed by atoms with Gasteiger partial charge in [-0.25, -0.2) is 9.97 Å². The lowest BCUT2D eigenvalue weighted by atomic mass is 10.1. The van der Waals surface area contributed by atoms with Crippen LogP contribution in [0.15, 0.2) is 0 Å². The summed E-state index contributed by atoms with van der Waals surface area (Å²) < 4.78 is 0. The lowest BCUT2D eigenvalue weighted by molar-refractivity contribution is -0.122. The van der Waals surface area contributed by atoms with Gasteiger partial charge in [0.2, 0.25) is 5.91 Å². The minimum absolute atomic E-state index is 0.184. The van der Waals surface area contributed by atoms with Crippen LogP contribution in [0.4, 0.5) is 0 Å². The molecule has 0 aromatic carbocycles. The van der Waals surface area contributed by atoms with Crippen molar-refractivity contribution >= 4 is 33.4 Å². The highest BCUT2D eigenvalue weighted by molar-refractivity contribution is 7.20. The molecule has 1 fully saturated rings. The lowest BCUT2D eigenvalue weighted by Gasteiger charge is -2.12. The second-order valence-corrected chi connectivity index (χ2v) is 7.27. The zero-order valence-electron chi connectivity index (χ0n) is 14.4. The first-order chi connectivity index (χ1) is 11.4. The van der Waals surface area contributed by atoms with E-state index in [1.807, 2.05) is 20.8 Å². The quantitative estimate of drug-likeness (QED) is 0.871. The van der Waals surface area contributed by atoms with Gasteiger partial charge < -0.3 is 10.6 Å². The fourth-order valence-electron chi connectivity index (χ4n) is 2.76. The summed E-state index contributed by atoms with van der Waals surface area (Å²) in [6.07, 6.45) is 2.29. The second-order valence-electron chi connectivity index (χ2n) is 6.27. The Labute approximate surface area is 145 Å². The molecule has 3 rings (SSSR count). The van der Waals surface area contributed by atoms with Crippen LogP contribution in [-0.4, -0.2) is 34.4 Å². The van der Waals surface area contributed by atoms with Gasteiger partial charge in [0.1, 0.15) is 16.7 Å². The normalized spacial score (nSPS) is 15.3. The summed E-state index contributed by atoms with van der Waals surface area (Å²) in [6, 6.07) is -0.573. The summed E-state index contributed by atoms with van der Waals surface area (Å²) in [4.78, 5) is 35.1. The van der Waals surface area contributed by atoms with Gasteiger partial charge in [0.25, 0.3) is 5.91 Å². The first-order valence-corrected chi connectivity index (χ1v) is 9.10. The monoisotopic (exact) mass is 346 g/mol. The molecule has 0 bridgehead atoms. The van der Waals surface area contributed by atoms with Crippen LogP contribution in [0.5, 0.6) is 0 Å². The molecular weight excluding hydrogens is 324 g/mol. The molecular formula is C17H22N4O2S. The van der Waals surface area contributed by atoms with Crippen LogP contribution in [0.3, 0.4) is 0 Å². The van der Waals surface area contributed by atoms with Crippen LogP contribution in [0.25, 0.3) is 10.2 Å². The summed E-state index contributed by atoms with van der Waals surface area (Å²) in [5.41, 5.74) is 1.81. The average molecular weight is 346 g/mol. The van der Waals surface area contributed by atoms with Gasteiger partial charge >= 0.3 is 0 Å². The zero-order valence-corrected chi connectivity index (χ0v) is 15.2. The summed E-state index contributed by atoms with van der Waals surface area (Å²) in [7, 11) is 0. The molecule has 2 N–H and O–H groups in total. The Kier molecular flexibility index (Phi) is 4.54. The van der Waals surface area contributed by atoms with Crippen molar-refractivity contribution in [1.82, 2.24) is 20.6 Å². The van der Waals surface area contributed by atoms with Crippen molar-refractivity contribution in [3.63, 3.8) is 0 Å². The van der Waals surface area contributed by atoms with Crippen molar-refractivity contribution < 1.29 is 9.59 Å². The number of nitrogens with zero attached hydrogens (tertiary/aromatic N) is 2. The highest BCUT2D eigenvalue weighted by Gasteiger charge is 2.29. The fourth-order valence-corrected chi connectivity index (χ4v) is 3.90. The van der Waals surface area contributed by atoms with E-state index in [2.05, 4.69) is 20.6 Å². The van der Waals surface area contributed by atoms with E-state index in [-0.39, 0.29) is 11.8 Å². The molecule has 2 aromatic heterocycles. The summed E-state index contributed by atoms with van der Waals surface area (Å²) in [5, 5.41) is 6.43. The number of likely N-dealkylation sites (N-methyl/N-ethyl adjacent to an activating group) is 1. The van der Waals surface area contributed by atoms with Gasteiger partial charge in [-0.05, 0) is 46.1 Å². The van der Waals surface area contributed by atoms with E-state index in [9.17, 15) is 9.59 Å². The molecule has 1 aliphatic rings. The largest absolute Gasteiger partial charge is 0.355 e. The third kappa shape index (κ3) is 3.13. The van der Waals surface area contributed by atoms with Crippen molar-refractivity contribution in [2.75, 3.05) is 6.54 Å². The third-order valence-corrected chi connectivity index (χ3v) is 5.41. The molecule has 6 nitrogen and oxygen atoms in total. The van der Waals surface area contributed by atoms with E-state index in [1.165, 1.54) is 11.3 Å². The Morgan fingerprint density at radius 2 is 2.00 bits per heavy atom. The van der Waals surface area contributed by atoms with E-state index in [4.69, 9.17) is 0 Å². The van der Waals surface area contributed by atoms with Crippen LogP contribution in [0, 0.1) is 13.8 Å². The standard InChI is InChI=1S/C17H22N4O2S/c1-5-18-15(22)10(4)20-16(23)13-8(2)12-9(3)19-14(11-6-7-11)21-17(12)24-13/h10-11H,5-7H2,1-4H3,(H,18,22)(H,20,23)/t10-/m0/s1. The van der Waals surface area contributed by atoms with Crippen molar-refractivity contribution in [3.8, 4) is 0 Å². The molecule has 7 heteroatoms. The number of aromatic nitrogens is 2. The SMILES string of the molecule is CCNC(=O)[C@H](C)NC(=O)c1sc2nc(C3CC3)nc(C)c2c1C. The molecule has 1 saturated carbocycles.